The smallest absolute Gasteiger partial charge is 0.241 e. The molecule has 0 radical (unpaired) electrons. The first kappa shape index (κ1) is 17.4. The third-order valence-corrected chi connectivity index (χ3v) is 3.13. The van der Waals surface area contributed by atoms with E-state index < -0.39 is 6.04 Å². The number of carbonyl (C=O) groups excluding carboxylic acids is 2. The van der Waals surface area contributed by atoms with Crippen LogP contribution in [0, 0.1) is 0 Å². The highest BCUT2D eigenvalue weighted by molar-refractivity contribution is 6.34. The van der Waals surface area contributed by atoms with Gasteiger partial charge in [0, 0.05) is 25.8 Å². The number of ether oxygens (including phenoxy) is 1. The lowest BCUT2D eigenvalue weighted by Gasteiger charge is -2.14. The summed E-state index contributed by atoms with van der Waals surface area (Å²) in [6, 6.07) is 4.17. The van der Waals surface area contributed by atoms with Gasteiger partial charge in [0.25, 0.3) is 0 Å². The van der Waals surface area contributed by atoms with E-state index in [0.29, 0.717) is 35.8 Å². The first-order valence-electron chi connectivity index (χ1n) is 6.62. The topological polar surface area (TPSA) is 93.5 Å². The quantitative estimate of drug-likeness (QED) is 0.717. The second-order valence-corrected chi connectivity index (χ2v) is 4.88. The number of carbonyl (C=O) groups is 2. The van der Waals surface area contributed by atoms with Crippen LogP contribution in [0.15, 0.2) is 18.2 Å². The van der Waals surface area contributed by atoms with Gasteiger partial charge in [0.05, 0.1) is 16.8 Å². The summed E-state index contributed by atoms with van der Waals surface area (Å²) in [6.45, 7) is 2.15. The number of hydrogen-bond donors (Lipinski definition) is 3. The molecule has 0 saturated heterocycles. The summed E-state index contributed by atoms with van der Waals surface area (Å²) in [5.41, 5.74) is 6.70. The predicted molar refractivity (Wildman–Crippen MR) is 83.5 cm³/mol. The van der Waals surface area contributed by atoms with Crippen molar-refractivity contribution in [3.05, 3.63) is 23.2 Å². The number of amides is 2. The number of nitrogens with one attached hydrogen (secondary N) is 2. The normalized spacial score (nSPS) is 11.8. The first-order valence-corrected chi connectivity index (χ1v) is 7.00. The molecule has 0 heterocycles. The zero-order valence-corrected chi connectivity index (χ0v) is 12.9. The van der Waals surface area contributed by atoms with E-state index in [4.69, 9.17) is 22.1 Å². The first-order chi connectivity index (χ1) is 9.97. The molecule has 1 rings (SSSR count). The number of hydrogen-bond acceptors (Lipinski definition) is 4. The molecule has 6 nitrogen and oxygen atoms in total. The summed E-state index contributed by atoms with van der Waals surface area (Å²) < 4.78 is 4.88. The van der Waals surface area contributed by atoms with Gasteiger partial charge in [0.15, 0.2) is 0 Å². The molecule has 1 aromatic rings. The number of benzene rings is 1. The van der Waals surface area contributed by atoms with Crippen LogP contribution in [-0.2, 0) is 14.3 Å². The van der Waals surface area contributed by atoms with Crippen molar-refractivity contribution in [1.82, 2.24) is 0 Å². The number of methoxy groups -OCH3 is 1. The van der Waals surface area contributed by atoms with E-state index >= 15 is 0 Å². The van der Waals surface area contributed by atoms with E-state index in [9.17, 15) is 9.59 Å². The van der Waals surface area contributed by atoms with Crippen molar-refractivity contribution in [3.63, 3.8) is 0 Å². The highest BCUT2D eigenvalue weighted by atomic mass is 35.5. The Morgan fingerprint density at radius 2 is 2.10 bits per heavy atom. The van der Waals surface area contributed by atoms with Gasteiger partial charge in [-0.05, 0) is 24.6 Å². The van der Waals surface area contributed by atoms with Crippen LogP contribution in [0.4, 0.5) is 11.4 Å². The summed E-state index contributed by atoms with van der Waals surface area (Å²) in [5, 5.41) is 5.72. The van der Waals surface area contributed by atoms with E-state index in [1.54, 1.807) is 32.2 Å². The molecule has 0 aliphatic rings. The Labute approximate surface area is 129 Å². The van der Waals surface area contributed by atoms with Crippen LogP contribution in [0.25, 0.3) is 0 Å². The van der Waals surface area contributed by atoms with Crippen LogP contribution in [0.5, 0.6) is 0 Å². The Kier molecular flexibility index (Phi) is 7.14. The van der Waals surface area contributed by atoms with Gasteiger partial charge in [0.2, 0.25) is 11.8 Å². The Hall–Kier alpha value is -1.63. The van der Waals surface area contributed by atoms with Gasteiger partial charge >= 0.3 is 0 Å². The Balaban J connectivity index is 2.75. The average molecular weight is 314 g/mol. The maximum Gasteiger partial charge on any atom is 0.241 e. The molecule has 1 unspecified atom stereocenters. The molecule has 21 heavy (non-hydrogen) atoms. The van der Waals surface area contributed by atoms with Crippen molar-refractivity contribution < 1.29 is 14.3 Å². The lowest BCUT2D eigenvalue weighted by atomic mass is 10.2. The van der Waals surface area contributed by atoms with Crippen molar-refractivity contribution in [1.29, 1.82) is 0 Å². The lowest BCUT2D eigenvalue weighted by molar-refractivity contribution is -0.118. The van der Waals surface area contributed by atoms with Crippen molar-refractivity contribution in [2.24, 2.45) is 5.73 Å². The standard InChI is InChI=1S/C14H20ClN3O3/c1-3-13(19)17-9-4-5-10(15)12(8-9)18-14(20)11(16)6-7-21-2/h4-5,8,11H,3,6-7,16H2,1-2H3,(H,17,19)(H,18,20). The van der Waals surface area contributed by atoms with Crippen LogP contribution in [0.3, 0.4) is 0 Å². The molecule has 7 heteroatoms. The van der Waals surface area contributed by atoms with Crippen LogP contribution >= 0.6 is 11.6 Å². The van der Waals surface area contributed by atoms with E-state index in [1.165, 1.54) is 0 Å². The zero-order valence-electron chi connectivity index (χ0n) is 12.1. The molecule has 0 aliphatic heterocycles. The number of nitrogens with two attached hydrogens (primary N) is 1. The Morgan fingerprint density at radius 3 is 2.71 bits per heavy atom. The molecule has 0 fully saturated rings. The summed E-state index contributed by atoms with van der Waals surface area (Å²) in [6.07, 6.45) is 0.776. The summed E-state index contributed by atoms with van der Waals surface area (Å²) >= 11 is 6.03. The summed E-state index contributed by atoms with van der Waals surface area (Å²) in [5.74, 6) is -0.473. The molecule has 0 aliphatic carbocycles. The molecule has 1 atom stereocenters. The van der Waals surface area contributed by atoms with Crippen molar-refractivity contribution in [3.8, 4) is 0 Å². The fourth-order valence-electron chi connectivity index (χ4n) is 1.55. The van der Waals surface area contributed by atoms with Gasteiger partial charge in [-0.2, -0.15) is 0 Å². The fourth-order valence-corrected chi connectivity index (χ4v) is 1.71. The maximum atomic E-state index is 11.9. The van der Waals surface area contributed by atoms with Crippen LogP contribution in [0.1, 0.15) is 19.8 Å². The van der Waals surface area contributed by atoms with Crippen LogP contribution < -0.4 is 16.4 Å². The molecule has 0 aromatic heterocycles. The molecular weight excluding hydrogens is 294 g/mol. The molecule has 2 amide bonds. The van der Waals surface area contributed by atoms with Gasteiger partial charge in [0.1, 0.15) is 0 Å². The van der Waals surface area contributed by atoms with E-state index in [-0.39, 0.29) is 11.8 Å². The van der Waals surface area contributed by atoms with E-state index in [1.807, 2.05) is 0 Å². The monoisotopic (exact) mass is 313 g/mol. The van der Waals surface area contributed by atoms with Gasteiger partial charge < -0.3 is 21.1 Å². The highest BCUT2D eigenvalue weighted by Crippen LogP contribution is 2.25. The predicted octanol–water partition coefficient (Wildman–Crippen LogP) is 1.99. The maximum absolute atomic E-state index is 11.9. The second-order valence-electron chi connectivity index (χ2n) is 4.47. The van der Waals surface area contributed by atoms with Crippen LogP contribution in [0.2, 0.25) is 5.02 Å². The zero-order chi connectivity index (χ0) is 15.8. The third kappa shape index (κ3) is 5.71. The largest absolute Gasteiger partial charge is 0.385 e. The fraction of sp³-hybridized carbons (Fsp3) is 0.429. The number of anilines is 2. The Morgan fingerprint density at radius 1 is 1.38 bits per heavy atom. The molecule has 0 bridgehead atoms. The molecule has 1 aromatic carbocycles. The van der Waals surface area contributed by atoms with Gasteiger partial charge in [-0.3, -0.25) is 9.59 Å². The Bertz CT molecular complexity index is 508. The minimum Gasteiger partial charge on any atom is -0.385 e. The van der Waals surface area contributed by atoms with Crippen molar-refractivity contribution in [2.75, 3.05) is 24.4 Å². The second kappa shape index (κ2) is 8.61. The molecule has 0 saturated carbocycles. The highest BCUT2D eigenvalue weighted by Gasteiger charge is 2.15. The van der Waals surface area contributed by atoms with Crippen LogP contribution in [-0.4, -0.2) is 31.6 Å². The summed E-state index contributed by atoms with van der Waals surface area (Å²) in [7, 11) is 1.54. The molecule has 4 N–H and O–H groups in total. The van der Waals surface area contributed by atoms with Gasteiger partial charge in [-0.15, -0.1) is 0 Å². The summed E-state index contributed by atoms with van der Waals surface area (Å²) in [4.78, 5) is 23.3. The number of rotatable bonds is 7. The lowest BCUT2D eigenvalue weighted by Crippen LogP contribution is -2.36. The third-order valence-electron chi connectivity index (χ3n) is 2.80. The minimum atomic E-state index is -0.685. The average Bonchev–Trinajstić information content (AvgIpc) is 2.47. The van der Waals surface area contributed by atoms with Gasteiger partial charge in [-0.1, -0.05) is 18.5 Å². The number of halogens is 1. The van der Waals surface area contributed by atoms with E-state index in [2.05, 4.69) is 10.6 Å². The molecule has 116 valence electrons. The molecular formula is C14H20ClN3O3. The molecule has 0 spiro atoms. The van der Waals surface area contributed by atoms with Crippen molar-refractivity contribution in [2.45, 2.75) is 25.8 Å². The minimum absolute atomic E-state index is 0.119. The van der Waals surface area contributed by atoms with E-state index in [0.717, 1.165) is 0 Å². The van der Waals surface area contributed by atoms with Gasteiger partial charge in [-0.25, -0.2) is 0 Å². The van der Waals surface area contributed by atoms with Crippen molar-refractivity contribution >= 4 is 34.8 Å². The SMILES string of the molecule is CCC(=O)Nc1ccc(Cl)c(NC(=O)C(N)CCOC)c1.